The number of aromatic nitrogens is 1. The van der Waals surface area contributed by atoms with Gasteiger partial charge in [0.05, 0.1) is 13.2 Å². The predicted molar refractivity (Wildman–Crippen MR) is 68.3 cm³/mol. The van der Waals surface area contributed by atoms with Crippen LogP contribution in [-0.2, 0) is 0 Å². The lowest BCUT2D eigenvalue weighted by Crippen LogP contribution is -2.43. The molecule has 2 rings (SSSR count). The third kappa shape index (κ3) is 2.18. The summed E-state index contributed by atoms with van der Waals surface area (Å²) in [7, 11) is 0. The van der Waals surface area contributed by atoms with E-state index >= 15 is 0 Å². The second kappa shape index (κ2) is 4.89. The summed E-state index contributed by atoms with van der Waals surface area (Å²) in [5.41, 5.74) is 6.51. The minimum atomic E-state index is -0.423. The molecule has 6 heteroatoms. The topological polar surface area (TPSA) is 106 Å². The van der Waals surface area contributed by atoms with Gasteiger partial charge in [0, 0.05) is 10.9 Å². The standard InChI is InChI=1S/C12H14N4O2/c13-12(14)16(5-6-17)11(18)10-7-8-3-1-2-4-9(8)15-10/h1-4,7,15,17H,5-6H2,(H3,13,14). The molecule has 0 radical (unpaired) electrons. The molecular weight excluding hydrogens is 232 g/mol. The van der Waals surface area contributed by atoms with Crippen molar-refractivity contribution in [3.8, 4) is 0 Å². The van der Waals surface area contributed by atoms with Crippen LogP contribution in [0.15, 0.2) is 30.3 Å². The molecule has 0 atom stereocenters. The highest BCUT2D eigenvalue weighted by molar-refractivity contribution is 6.05. The Labute approximate surface area is 104 Å². The largest absolute Gasteiger partial charge is 0.395 e. The van der Waals surface area contributed by atoms with E-state index < -0.39 is 5.91 Å². The molecule has 0 aliphatic heterocycles. The van der Waals surface area contributed by atoms with E-state index in [1.165, 1.54) is 0 Å². The fourth-order valence-electron chi connectivity index (χ4n) is 1.77. The summed E-state index contributed by atoms with van der Waals surface area (Å²) in [6, 6.07) is 9.18. The number of carbonyl (C=O) groups excluding carboxylic acids is 1. The van der Waals surface area contributed by atoms with E-state index in [1.54, 1.807) is 6.07 Å². The van der Waals surface area contributed by atoms with E-state index in [-0.39, 0.29) is 19.1 Å². The number of guanidine groups is 1. The van der Waals surface area contributed by atoms with Crippen molar-refractivity contribution in [3.05, 3.63) is 36.0 Å². The van der Waals surface area contributed by atoms with Gasteiger partial charge in [-0.1, -0.05) is 18.2 Å². The summed E-state index contributed by atoms with van der Waals surface area (Å²) in [5.74, 6) is -0.805. The summed E-state index contributed by atoms with van der Waals surface area (Å²) in [5, 5.41) is 17.1. The van der Waals surface area contributed by atoms with Crippen LogP contribution in [0.5, 0.6) is 0 Å². The molecule has 6 nitrogen and oxygen atoms in total. The highest BCUT2D eigenvalue weighted by Gasteiger charge is 2.19. The Morgan fingerprint density at radius 2 is 2.17 bits per heavy atom. The van der Waals surface area contributed by atoms with Crippen LogP contribution in [0.1, 0.15) is 10.5 Å². The molecule has 0 aliphatic rings. The van der Waals surface area contributed by atoms with Gasteiger partial charge in [-0.25, -0.2) is 0 Å². The Morgan fingerprint density at radius 3 is 2.78 bits per heavy atom. The number of para-hydroxylation sites is 1. The molecule has 0 bridgehead atoms. The number of fused-ring (bicyclic) bond motifs is 1. The van der Waals surface area contributed by atoms with Crippen molar-refractivity contribution >= 4 is 22.8 Å². The van der Waals surface area contributed by atoms with Crippen LogP contribution >= 0.6 is 0 Å². The molecular formula is C12H14N4O2. The van der Waals surface area contributed by atoms with Gasteiger partial charge in [0.2, 0.25) is 0 Å². The number of nitrogens with two attached hydrogens (primary N) is 1. The van der Waals surface area contributed by atoms with Crippen LogP contribution in [0.3, 0.4) is 0 Å². The molecule has 1 aromatic heterocycles. The van der Waals surface area contributed by atoms with E-state index in [1.807, 2.05) is 24.3 Å². The molecule has 2 aromatic rings. The molecule has 1 amide bonds. The van der Waals surface area contributed by atoms with Gasteiger partial charge in [0.25, 0.3) is 5.91 Å². The van der Waals surface area contributed by atoms with Crippen LogP contribution in [0.25, 0.3) is 10.9 Å². The van der Waals surface area contributed by atoms with Crippen molar-refractivity contribution < 1.29 is 9.90 Å². The van der Waals surface area contributed by atoms with Crippen molar-refractivity contribution in [2.75, 3.05) is 13.2 Å². The number of amides is 1. The summed E-state index contributed by atoms with van der Waals surface area (Å²) >= 11 is 0. The van der Waals surface area contributed by atoms with Crippen LogP contribution in [0, 0.1) is 5.41 Å². The van der Waals surface area contributed by atoms with Gasteiger partial charge < -0.3 is 15.8 Å². The highest BCUT2D eigenvalue weighted by atomic mass is 16.3. The van der Waals surface area contributed by atoms with Gasteiger partial charge in [-0.2, -0.15) is 0 Å². The van der Waals surface area contributed by atoms with Gasteiger partial charge in [-0.3, -0.25) is 15.1 Å². The Balaban J connectivity index is 2.34. The summed E-state index contributed by atoms with van der Waals surface area (Å²) in [4.78, 5) is 16.1. The summed E-state index contributed by atoms with van der Waals surface area (Å²) < 4.78 is 0. The summed E-state index contributed by atoms with van der Waals surface area (Å²) in [6.45, 7) is -0.241. The molecule has 0 fully saturated rings. The quantitative estimate of drug-likeness (QED) is 0.468. The number of benzene rings is 1. The van der Waals surface area contributed by atoms with E-state index in [4.69, 9.17) is 16.2 Å². The van der Waals surface area contributed by atoms with Crippen molar-refractivity contribution in [1.82, 2.24) is 9.88 Å². The molecule has 0 saturated heterocycles. The van der Waals surface area contributed by atoms with Crippen LogP contribution < -0.4 is 5.73 Å². The molecule has 0 saturated carbocycles. The maximum absolute atomic E-state index is 12.1. The molecule has 0 unspecified atom stereocenters. The second-order valence-corrected chi connectivity index (χ2v) is 3.84. The molecule has 1 aromatic carbocycles. The third-order valence-corrected chi connectivity index (χ3v) is 2.62. The first-order valence-electron chi connectivity index (χ1n) is 5.48. The molecule has 5 N–H and O–H groups in total. The number of carbonyl (C=O) groups is 1. The third-order valence-electron chi connectivity index (χ3n) is 2.62. The highest BCUT2D eigenvalue weighted by Crippen LogP contribution is 2.15. The number of aliphatic hydroxyl groups excluding tert-OH is 1. The maximum Gasteiger partial charge on any atom is 0.277 e. The maximum atomic E-state index is 12.1. The predicted octanol–water partition coefficient (Wildman–Crippen LogP) is 0.496. The Bertz CT molecular complexity index is 558. The first kappa shape index (κ1) is 12.1. The Hall–Kier alpha value is -2.34. The molecule has 18 heavy (non-hydrogen) atoms. The van der Waals surface area contributed by atoms with E-state index in [9.17, 15) is 4.79 Å². The van der Waals surface area contributed by atoms with Crippen LogP contribution in [0.2, 0.25) is 0 Å². The fourth-order valence-corrected chi connectivity index (χ4v) is 1.77. The zero-order chi connectivity index (χ0) is 13.1. The molecule has 0 spiro atoms. The number of aliphatic hydroxyl groups is 1. The fraction of sp³-hybridized carbons (Fsp3) is 0.167. The first-order valence-corrected chi connectivity index (χ1v) is 5.48. The number of nitrogens with zero attached hydrogens (tertiary/aromatic N) is 1. The number of hydrogen-bond acceptors (Lipinski definition) is 3. The number of aromatic amines is 1. The second-order valence-electron chi connectivity index (χ2n) is 3.84. The molecule has 0 aliphatic carbocycles. The lowest BCUT2D eigenvalue weighted by Gasteiger charge is -2.18. The van der Waals surface area contributed by atoms with Gasteiger partial charge in [-0.15, -0.1) is 0 Å². The average Bonchev–Trinajstić information content (AvgIpc) is 2.78. The smallest absolute Gasteiger partial charge is 0.277 e. The number of nitrogens with one attached hydrogen (secondary N) is 2. The molecule has 94 valence electrons. The summed E-state index contributed by atoms with van der Waals surface area (Å²) in [6.07, 6.45) is 0. The van der Waals surface area contributed by atoms with Crippen molar-refractivity contribution in [3.63, 3.8) is 0 Å². The Kier molecular flexibility index (Phi) is 3.29. The monoisotopic (exact) mass is 246 g/mol. The number of hydrogen-bond donors (Lipinski definition) is 4. The van der Waals surface area contributed by atoms with Crippen molar-refractivity contribution in [2.24, 2.45) is 5.73 Å². The van der Waals surface area contributed by atoms with Crippen molar-refractivity contribution in [1.29, 1.82) is 5.41 Å². The van der Waals surface area contributed by atoms with Crippen LogP contribution in [-0.4, -0.2) is 40.0 Å². The normalized spacial score (nSPS) is 10.5. The van der Waals surface area contributed by atoms with Gasteiger partial charge in [0.1, 0.15) is 5.69 Å². The van der Waals surface area contributed by atoms with Crippen molar-refractivity contribution in [2.45, 2.75) is 0 Å². The minimum absolute atomic E-state index is 0.00350. The van der Waals surface area contributed by atoms with E-state index in [2.05, 4.69) is 4.98 Å². The zero-order valence-corrected chi connectivity index (χ0v) is 9.68. The first-order chi connectivity index (χ1) is 8.63. The minimum Gasteiger partial charge on any atom is -0.395 e. The number of rotatable bonds is 3. The van der Waals surface area contributed by atoms with E-state index in [0.717, 1.165) is 15.8 Å². The SMILES string of the molecule is N=C(N)N(CCO)C(=O)c1cc2ccccc2[nH]1. The van der Waals surface area contributed by atoms with E-state index in [0.29, 0.717) is 5.69 Å². The van der Waals surface area contributed by atoms with Gasteiger partial charge >= 0.3 is 0 Å². The zero-order valence-electron chi connectivity index (χ0n) is 9.68. The lowest BCUT2D eigenvalue weighted by atomic mass is 10.2. The lowest BCUT2D eigenvalue weighted by molar-refractivity contribution is 0.0818. The van der Waals surface area contributed by atoms with Crippen LogP contribution in [0.4, 0.5) is 0 Å². The van der Waals surface area contributed by atoms with Gasteiger partial charge in [-0.05, 0) is 12.1 Å². The van der Waals surface area contributed by atoms with Gasteiger partial charge in [0.15, 0.2) is 5.96 Å². The Morgan fingerprint density at radius 1 is 1.44 bits per heavy atom. The number of H-pyrrole nitrogens is 1. The average molecular weight is 246 g/mol. The molecule has 1 heterocycles.